The van der Waals surface area contributed by atoms with Gasteiger partial charge in [-0.3, -0.25) is 9.59 Å². The molecule has 2 aromatic carbocycles. The van der Waals surface area contributed by atoms with Gasteiger partial charge in [0.05, 0.1) is 25.2 Å². The Balaban J connectivity index is 1.25. The summed E-state index contributed by atoms with van der Waals surface area (Å²) < 4.78 is 11.3. The number of carbonyl (C=O) groups is 2. The van der Waals surface area contributed by atoms with Crippen molar-refractivity contribution in [1.82, 2.24) is 5.32 Å². The quantitative estimate of drug-likeness (QED) is 0.600. The van der Waals surface area contributed by atoms with Crippen LogP contribution in [0.25, 0.3) is 11.1 Å². The number of ether oxygens (including phenoxy) is 2. The smallest absolute Gasteiger partial charge is 0.226 e. The van der Waals surface area contributed by atoms with Crippen LogP contribution in [0.1, 0.15) is 32.1 Å². The summed E-state index contributed by atoms with van der Waals surface area (Å²) in [6.45, 7) is 1.02. The largest absolute Gasteiger partial charge is 0.394 e. The number of benzene rings is 2. The minimum Gasteiger partial charge on any atom is -0.394 e. The molecule has 2 heterocycles. The van der Waals surface area contributed by atoms with E-state index in [1.54, 1.807) is 0 Å². The normalized spacial score (nSPS) is 23.6. The second-order valence-corrected chi connectivity index (χ2v) is 8.75. The first-order valence-electron chi connectivity index (χ1n) is 11.7. The van der Waals surface area contributed by atoms with Crippen molar-refractivity contribution in [3.05, 3.63) is 54.6 Å². The van der Waals surface area contributed by atoms with Crippen molar-refractivity contribution in [2.75, 3.05) is 25.1 Å². The van der Waals surface area contributed by atoms with Crippen LogP contribution < -0.4 is 10.6 Å². The maximum atomic E-state index is 12.6. The molecule has 7 nitrogen and oxygen atoms in total. The van der Waals surface area contributed by atoms with Crippen molar-refractivity contribution in [3.63, 3.8) is 0 Å². The molecule has 0 radical (unpaired) electrons. The number of hydrogen-bond acceptors (Lipinski definition) is 5. The van der Waals surface area contributed by atoms with Crippen molar-refractivity contribution in [1.29, 1.82) is 0 Å². The second-order valence-electron chi connectivity index (χ2n) is 8.75. The molecule has 7 heteroatoms. The van der Waals surface area contributed by atoms with E-state index in [0.29, 0.717) is 26.1 Å². The van der Waals surface area contributed by atoms with Crippen LogP contribution in [0.4, 0.5) is 5.69 Å². The first kappa shape index (κ1) is 23.4. The Morgan fingerprint density at radius 1 is 0.909 bits per heavy atom. The van der Waals surface area contributed by atoms with Crippen molar-refractivity contribution in [3.8, 4) is 11.1 Å². The second kappa shape index (κ2) is 11.4. The molecule has 2 fully saturated rings. The van der Waals surface area contributed by atoms with Crippen LogP contribution in [-0.2, 0) is 19.1 Å². The van der Waals surface area contributed by atoms with Gasteiger partial charge in [0.25, 0.3) is 0 Å². The molecule has 0 aromatic heterocycles. The molecule has 176 valence electrons. The molecule has 4 rings (SSSR count). The van der Waals surface area contributed by atoms with Crippen molar-refractivity contribution in [2.45, 2.75) is 50.4 Å². The molecule has 3 N–H and O–H groups in total. The van der Waals surface area contributed by atoms with Gasteiger partial charge in [-0.1, -0.05) is 42.5 Å². The van der Waals surface area contributed by atoms with Gasteiger partial charge in [0, 0.05) is 24.8 Å². The van der Waals surface area contributed by atoms with Gasteiger partial charge in [-0.2, -0.15) is 0 Å². The number of anilines is 1. The lowest BCUT2D eigenvalue weighted by molar-refractivity contribution is -0.137. The minimum atomic E-state index is -0.509. The number of hydrogen-bond donors (Lipinski definition) is 3. The SMILES string of the molecule is O=C(C[C@@H]1CC[C@H](NC(=O)C2CCOCC2)[C@H](CO)O1)Nc1ccc(-c2ccccc2)cc1. The molecule has 33 heavy (non-hydrogen) atoms. The standard InChI is InChI=1S/C26H32N2O5/c29-17-24-23(28-26(31)20-12-14-32-15-13-20)11-10-22(33-24)16-25(30)27-21-8-6-19(7-9-21)18-4-2-1-3-5-18/h1-9,20,22-24,29H,10-17H2,(H,27,30)(H,28,31)/t22-,23-,24-/m0/s1. The van der Waals surface area contributed by atoms with E-state index >= 15 is 0 Å². The van der Waals surface area contributed by atoms with Crippen LogP contribution in [-0.4, -0.2) is 55.0 Å². The minimum absolute atomic E-state index is 0.000456. The molecule has 3 atom stereocenters. The zero-order valence-electron chi connectivity index (χ0n) is 18.7. The number of rotatable bonds is 7. The maximum Gasteiger partial charge on any atom is 0.226 e. The predicted octanol–water partition coefficient (Wildman–Crippen LogP) is 3.13. The number of amides is 2. The summed E-state index contributed by atoms with van der Waals surface area (Å²) in [5.74, 6) is -0.177. The number of aliphatic hydroxyl groups is 1. The molecule has 2 aliphatic heterocycles. The summed E-state index contributed by atoms with van der Waals surface area (Å²) in [5, 5.41) is 15.8. The Morgan fingerprint density at radius 3 is 2.30 bits per heavy atom. The first-order valence-corrected chi connectivity index (χ1v) is 11.7. The molecule has 2 aromatic rings. The average molecular weight is 453 g/mol. The first-order chi connectivity index (χ1) is 16.1. The molecule has 0 unspecified atom stereocenters. The highest BCUT2D eigenvalue weighted by Gasteiger charge is 2.34. The van der Waals surface area contributed by atoms with Gasteiger partial charge in [-0.25, -0.2) is 0 Å². The van der Waals surface area contributed by atoms with E-state index in [9.17, 15) is 14.7 Å². The molecule has 0 bridgehead atoms. The van der Waals surface area contributed by atoms with Crippen LogP contribution >= 0.6 is 0 Å². The summed E-state index contributed by atoms with van der Waals surface area (Å²) in [6.07, 6.45) is 2.17. The van der Waals surface area contributed by atoms with E-state index in [1.165, 1.54) is 0 Å². The molecular formula is C26H32N2O5. The van der Waals surface area contributed by atoms with Crippen LogP contribution in [0.5, 0.6) is 0 Å². The Hall–Kier alpha value is -2.74. The van der Waals surface area contributed by atoms with Gasteiger partial charge in [0.1, 0.15) is 6.10 Å². The zero-order chi connectivity index (χ0) is 23.0. The fraction of sp³-hybridized carbons (Fsp3) is 0.462. The topological polar surface area (TPSA) is 96.9 Å². The third kappa shape index (κ3) is 6.41. The van der Waals surface area contributed by atoms with E-state index in [1.807, 2.05) is 54.6 Å². The van der Waals surface area contributed by atoms with E-state index in [0.717, 1.165) is 29.7 Å². The van der Waals surface area contributed by atoms with Crippen LogP contribution in [0.2, 0.25) is 0 Å². The van der Waals surface area contributed by atoms with E-state index in [-0.39, 0.29) is 42.9 Å². The zero-order valence-corrected chi connectivity index (χ0v) is 18.7. The van der Waals surface area contributed by atoms with Gasteiger partial charge in [0.2, 0.25) is 11.8 Å². The van der Waals surface area contributed by atoms with Crippen molar-refractivity contribution >= 4 is 17.5 Å². The molecule has 0 spiro atoms. The van der Waals surface area contributed by atoms with Crippen molar-refractivity contribution in [2.24, 2.45) is 5.92 Å². The predicted molar refractivity (Wildman–Crippen MR) is 126 cm³/mol. The summed E-state index contributed by atoms with van der Waals surface area (Å²) in [5.41, 5.74) is 2.94. The molecule has 0 saturated carbocycles. The number of aliphatic hydroxyl groups excluding tert-OH is 1. The highest BCUT2D eigenvalue weighted by molar-refractivity contribution is 5.91. The fourth-order valence-electron chi connectivity index (χ4n) is 4.50. The summed E-state index contributed by atoms with van der Waals surface area (Å²) in [7, 11) is 0. The molecule has 2 amide bonds. The number of carbonyl (C=O) groups excluding carboxylic acids is 2. The van der Waals surface area contributed by atoms with Gasteiger partial charge in [-0.15, -0.1) is 0 Å². The van der Waals surface area contributed by atoms with Gasteiger partial charge < -0.3 is 25.2 Å². The van der Waals surface area contributed by atoms with Crippen molar-refractivity contribution < 1.29 is 24.2 Å². The molecule has 2 aliphatic rings. The van der Waals surface area contributed by atoms with Crippen LogP contribution in [0.3, 0.4) is 0 Å². The molecule has 2 saturated heterocycles. The Labute approximate surface area is 194 Å². The molecular weight excluding hydrogens is 420 g/mol. The lowest BCUT2D eigenvalue weighted by Gasteiger charge is -2.37. The average Bonchev–Trinajstić information content (AvgIpc) is 2.86. The van der Waals surface area contributed by atoms with E-state index < -0.39 is 6.10 Å². The lowest BCUT2D eigenvalue weighted by Crippen LogP contribution is -2.52. The Morgan fingerprint density at radius 2 is 1.61 bits per heavy atom. The maximum absolute atomic E-state index is 12.6. The Kier molecular flexibility index (Phi) is 8.10. The highest BCUT2D eigenvalue weighted by atomic mass is 16.5. The fourth-order valence-corrected chi connectivity index (χ4v) is 4.50. The monoisotopic (exact) mass is 452 g/mol. The van der Waals surface area contributed by atoms with E-state index in [2.05, 4.69) is 10.6 Å². The summed E-state index contributed by atoms with van der Waals surface area (Å²) in [4.78, 5) is 25.1. The van der Waals surface area contributed by atoms with Crippen LogP contribution in [0.15, 0.2) is 54.6 Å². The van der Waals surface area contributed by atoms with Gasteiger partial charge in [0.15, 0.2) is 0 Å². The lowest BCUT2D eigenvalue weighted by atomic mass is 9.94. The highest BCUT2D eigenvalue weighted by Crippen LogP contribution is 2.25. The van der Waals surface area contributed by atoms with Gasteiger partial charge in [-0.05, 0) is 48.9 Å². The third-order valence-corrected chi connectivity index (χ3v) is 6.40. The van der Waals surface area contributed by atoms with E-state index in [4.69, 9.17) is 9.47 Å². The molecule has 0 aliphatic carbocycles. The van der Waals surface area contributed by atoms with Gasteiger partial charge >= 0.3 is 0 Å². The van der Waals surface area contributed by atoms with Crippen LogP contribution in [0, 0.1) is 5.92 Å². The Bertz CT molecular complexity index is 912. The summed E-state index contributed by atoms with van der Waals surface area (Å²) in [6, 6.07) is 17.6. The third-order valence-electron chi connectivity index (χ3n) is 6.40. The number of nitrogens with one attached hydrogen (secondary N) is 2. The summed E-state index contributed by atoms with van der Waals surface area (Å²) >= 11 is 0.